The van der Waals surface area contributed by atoms with Gasteiger partial charge in [0.1, 0.15) is 5.02 Å². The molecule has 0 aliphatic heterocycles. The zero-order valence-corrected chi connectivity index (χ0v) is 13.4. The number of hydrogen-bond acceptors (Lipinski definition) is 4. The van der Waals surface area contributed by atoms with Crippen molar-refractivity contribution in [3.63, 3.8) is 0 Å². The van der Waals surface area contributed by atoms with E-state index in [1.54, 1.807) is 6.20 Å². The summed E-state index contributed by atoms with van der Waals surface area (Å²) in [6.45, 7) is 8.66. The van der Waals surface area contributed by atoms with Crippen LogP contribution in [0.15, 0.2) is 11.0 Å². The van der Waals surface area contributed by atoms with E-state index in [1.165, 1.54) is 4.68 Å². The highest BCUT2D eigenvalue weighted by Crippen LogP contribution is 2.24. The summed E-state index contributed by atoms with van der Waals surface area (Å²) in [7, 11) is 0. The van der Waals surface area contributed by atoms with Crippen LogP contribution in [0.5, 0.6) is 0 Å². The summed E-state index contributed by atoms with van der Waals surface area (Å²) in [6, 6.07) is 0. The molecule has 0 saturated heterocycles. The van der Waals surface area contributed by atoms with Crippen molar-refractivity contribution >= 4 is 17.3 Å². The van der Waals surface area contributed by atoms with Crippen LogP contribution in [0.1, 0.15) is 40.5 Å². The Morgan fingerprint density at radius 3 is 2.70 bits per heavy atom. The first kappa shape index (κ1) is 17.0. The standard InChI is InChI=1S/C14H24ClN3O2/c1-5-14(4,6-7-19)17-11-8-16-18(9-10(2)3)13(20)12(11)15/h8,10,17,19H,5-7,9H2,1-4H3. The summed E-state index contributed by atoms with van der Waals surface area (Å²) in [5.74, 6) is 0.324. The predicted molar refractivity (Wildman–Crippen MR) is 82.4 cm³/mol. The van der Waals surface area contributed by atoms with Gasteiger partial charge in [0, 0.05) is 18.7 Å². The molecule has 1 heterocycles. The molecule has 0 aromatic carbocycles. The van der Waals surface area contributed by atoms with Crippen molar-refractivity contribution < 1.29 is 5.11 Å². The molecule has 0 fully saturated rings. The predicted octanol–water partition coefficient (Wildman–Crippen LogP) is 2.52. The van der Waals surface area contributed by atoms with E-state index < -0.39 is 0 Å². The van der Waals surface area contributed by atoms with Gasteiger partial charge < -0.3 is 10.4 Å². The average Bonchev–Trinajstić information content (AvgIpc) is 2.38. The van der Waals surface area contributed by atoms with Gasteiger partial charge >= 0.3 is 0 Å². The quantitative estimate of drug-likeness (QED) is 0.812. The van der Waals surface area contributed by atoms with Crippen LogP contribution in [0.3, 0.4) is 0 Å². The minimum Gasteiger partial charge on any atom is -0.396 e. The zero-order valence-electron chi connectivity index (χ0n) is 12.6. The normalized spacial score (nSPS) is 14.3. The van der Waals surface area contributed by atoms with Gasteiger partial charge in [-0.1, -0.05) is 32.4 Å². The maximum absolute atomic E-state index is 12.1. The van der Waals surface area contributed by atoms with Gasteiger partial charge in [0.15, 0.2) is 0 Å². The molecule has 1 rings (SSSR count). The molecule has 2 N–H and O–H groups in total. The van der Waals surface area contributed by atoms with E-state index >= 15 is 0 Å². The second-order valence-corrected chi connectivity index (χ2v) is 6.14. The lowest BCUT2D eigenvalue weighted by Gasteiger charge is -2.30. The Balaban J connectivity index is 3.04. The first-order chi connectivity index (χ1) is 9.33. The Bertz CT molecular complexity index is 502. The van der Waals surface area contributed by atoms with Gasteiger partial charge in [0.2, 0.25) is 0 Å². The molecule has 0 bridgehead atoms. The van der Waals surface area contributed by atoms with Crippen LogP contribution < -0.4 is 10.9 Å². The summed E-state index contributed by atoms with van der Waals surface area (Å²) in [5.41, 5.74) is -0.0706. The summed E-state index contributed by atoms with van der Waals surface area (Å²) < 4.78 is 1.38. The van der Waals surface area contributed by atoms with Crippen LogP contribution in [0.4, 0.5) is 5.69 Å². The summed E-state index contributed by atoms with van der Waals surface area (Å²) >= 11 is 6.15. The third kappa shape index (κ3) is 4.21. The smallest absolute Gasteiger partial charge is 0.287 e. The average molecular weight is 302 g/mol. The zero-order chi connectivity index (χ0) is 15.3. The number of rotatable bonds is 7. The van der Waals surface area contributed by atoms with Crippen molar-refractivity contribution in [2.24, 2.45) is 5.92 Å². The number of aliphatic hydroxyl groups excluding tert-OH is 1. The van der Waals surface area contributed by atoms with Gasteiger partial charge in [-0.3, -0.25) is 4.79 Å². The molecule has 5 nitrogen and oxygen atoms in total. The van der Waals surface area contributed by atoms with Crippen molar-refractivity contribution in [3.05, 3.63) is 21.6 Å². The van der Waals surface area contributed by atoms with Gasteiger partial charge in [-0.05, 0) is 25.7 Å². The fourth-order valence-corrected chi connectivity index (χ4v) is 2.12. The van der Waals surface area contributed by atoms with E-state index in [0.717, 1.165) is 6.42 Å². The Labute approximate surface area is 125 Å². The second-order valence-electron chi connectivity index (χ2n) is 5.77. The molecule has 20 heavy (non-hydrogen) atoms. The highest BCUT2D eigenvalue weighted by atomic mass is 35.5. The number of nitrogens with zero attached hydrogens (tertiary/aromatic N) is 2. The lowest BCUT2D eigenvalue weighted by atomic mass is 9.94. The minimum atomic E-state index is -0.309. The molecule has 6 heteroatoms. The van der Waals surface area contributed by atoms with E-state index in [0.29, 0.717) is 24.6 Å². The number of hydrogen-bond donors (Lipinski definition) is 2. The number of anilines is 1. The third-order valence-electron chi connectivity index (χ3n) is 3.40. The van der Waals surface area contributed by atoms with Crippen LogP contribution in [0.25, 0.3) is 0 Å². The van der Waals surface area contributed by atoms with Gasteiger partial charge in [-0.15, -0.1) is 0 Å². The first-order valence-corrected chi connectivity index (χ1v) is 7.35. The molecule has 0 amide bonds. The SMILES string of the molecule is CCC(C)(CCO)Nc1cnn(CC(C)C)c(=O)c1Cl. The van der Waals surface area contributed by atoms with Crippen LogP contribution in [-0.2, 0) is 6.54 Å². The molecule has 0 saturated carbocycles. The molecule has 1 aromatic rings. The Morgan fingerprint density at radius 1 is 1.55 bits per heavy atom. The van der Waals surface area contributed by atoms with Gasteiger partial charge in [-0.25, -0.2) is 4.68 Å². The monoisotopic (exact) mass is 301 g/mol. The van der Waals surface area contributed by atoms with Crippen molar-refractivity contribution in [2.45, 2.75) is 52.6 Å². The highest BCUT2D eigenvalue weighted by Gasteiger charge is 2.23. The fraction of sp³-hybridized carbons (Fsp3) is 0.714. The topological polar surface area (TPSA) is 67.2 Å². The minimum absolute atomic E-state index is 0.0762. The van der Waals surface area contributed by atoms with E-state index in [-0.39, 0.29) is 22.7 Å². The number of aromatic nitrogens is 2. The lowest BCUT2D eigenvalue weighted by Crippen LogP contribution is -2.36. The third-order valence-corrected chi connectivity index (χ3v) is 3.77. The first-order valence-electron chi connectivity index (χ1n) is 6.97. The van der Waals surface area contributed by atoms with E-state index in [1.807, 2.05) is 27.7 Å². The number of aliphatic hydroxyl groups is 1. The molecule has 1 aromatic heterocycles. The molecule has 0 spiro atoms. The van der Waals surface area contributed by atoms with Crippen LogP contribution in [-0.4, -0.2) is 27.0 Å². The maximum Gasteiger partial charge on any atom is 0.287 e. The van der Waals surface area contributed by atoms with Crippen molar-refractivity contribution in [2.75, 3.05) is 11.9 Å². The van der Waals surface area contributed by atoms with Crippen LogP contribution >= 0.6 is 11.6 Å². The van der Waals surface area contributed by atoms with Crippen molar-refractivity contribution in [3.8, 4) is 0 Å². The maximum atomic E-state index is 12.1. The Hall–Kier alpha value is -1.07. The Kier molecular flexibility index (Phi) is 6.02. The molecule has 0 aliphatic rings. The fourth-order valence-electron chi connectivity index (χ4n) is 1.93. The second kappa shape index (κ2) is 7.09. The van der Waals surface area contributed by atoms with E-state index in [2.05, 4.69) is 10.4 Å². The molecule has 0 aliphatic carbocycles. The molecule has 1 atom stereocenters. The summed E-state index contributed by atoms with van der Waals surface area (Å²) in [6.07, 6.45) is 2.96. The summed E-state index contributed by atoms with van der Waals surface area (Å²) in [5, 5.41) is 16.7. The summed E-state index contributed by atoms with van der Waals surface area (Å²) in [4.78, 5) is 12.1. The molecule has 114 valence electrons. The van der Waals surface area contributed by atoms with Crippen LogP contribution in [0.2, 0.25) is 5.02 Å². The number of halogens is 1. The Morgan fingerprint density at radius 2 is 2.20 bits per heavy atom. The number of nitrogens with one attached hydrogen (secondary N) is 1. The van der Waals surface area contributed by atoms with Crippen molar-refractivity contribution in [1.82, 2.24) is 9.78 Å². The van der Waals surface area contributed by atoms with Gasteiger partial charge in [0.05, 0.1) is 11.9 Å². The van der Waals surface area contributed by atoms with Gasteiger partial charge in [0.25, 0.3) is 5.56 Å². The van der Waals surface area contributed by atoms with E-state index in [4.69, 9.17) is 16.7 Å². The lowest BCUT2D eigenvalue weighted by molar-refractivity contribution is 0.252. The van der Waals surface area contributed by atoms with Crippen molar-refractivity contribution in [1.29, 1.82) is 0 Å². The molecule has 1 unspecified atom stereocenters. The van der Waals surface area contributed by atoms with E-state index in [9.17, 15) is 4.79 Å². The molecule has 0 radical (unpaired) electrons. The molecular weight excluding hydrogens is 278 g/mol. The molecular formula is C14H24ClN3O2. The largest absolute Gasteiger partial charge is 0.396 e. The highest BCUT2D eigenvalue weighted by molar-refractivity contribution is 6.32. The van der Waals surface area contributed by atoms with Gasteiger partial charge in [-0.2, -0.15) is 5.10 Å². The van der Waals surface area contributed by atoms with Crippen LogP contribution in [0, 0.1) is 5.92 Å².